The van der Waals surface area contributed by atoms with Crippen molar-refractivity contribution in [3.63, 3.8) is 0 Å². The maximum Gasteiger partial charge on any atom is 0.227 e. The molecule has 4 rings (SSSR count). The molecule has 2 aliphatic heterocycles. The Morgan fingerprint density at radius 3 is 2.96 bits per heavy atom. The van der Waals surface area contributed by atoms with E-state index in [1.165, 1.54) is 6.07 Å². The van der Waals surface area contributed by atoms with Crippen LogP contribution in [0.1, 0.15) is 23.1 Å². The van der Waals surface area contributed by atoms with Gasteiger partial charge in [0.05, 0.1) is 25.3 Å². The van der Waals surface area contributed by atoms with Crippen LogP contribution in [0, 0.1) is 11.7 Å². The fourth-order valence-electron chi connectivity index (χ4n) is 3.93. The number of hydrogen-bond acceptors (Lipinski definition) is 4. The number of ether oxygens (including phenoxy) is 1. The molecule has 2 fully saturated rings. The van der Waals surface area contributed by atoms with E-state index in [2.05, 4.69) is 10.4 Å². The first-order valence-corrected chi connectivity index (χ1v) is 8.97. The Balaban J connectivity index is 1.49. The number of hydrogen-bond donors (Lipinski definition) is 1. The Hall–Kier alpha value is -2.25. The van der Waals surface area contributed by atoms with Gasteiger partial charge in [-0.05, 0) is 11.6 Å². The molecule has 2 saturated heterocycles. The zero-order valence-corrected chi connectivity index (χ0v) is 14.8. The molecule has 1 N–H and O–H groups in total. The summed E-state index contributed by atoms with van der Waals surface area (Å²) in [6, 6.07) is 6.61. The predicted octanol–water partition coefficient (Wildman–Crippen LogP) is 1.46. The second kappa shape index (κ2) is 7.17. The summed E-state index contributed by atoms with van der Waals surface area (Å²) in [5.41, 5.74) is 1.59. The summed E-state index contributed by atoms with van der Waals surface area (Å²) in [7, 11) is 1.88. The molecule has 6 nitrogen and oxygen atoms in total. The molecular weight excluding hydrogens is 335 g/mol. The molecule has 2 aliphatic rings. The van der Waals surface area contributed by atoms with Gasteiger partial charge in [-0.1, -0.05) is 18.2 Å². The summed E-state index contributed by atoms with van der Waals surface area (Å²) >= 11 is 0. The molecule has 1 aromatic heterocycles. The van der Waals surface area contributed by atoms with Crippen LogP contribution in [0.25, 0.3) is 0 Å². The number of rotatable bonds is 3. The number of amides is 1. The number of benzene rings is 1. The number of aryl methyl sites for hydroxylation is 1. The van der Waals surface area contributed by atoms with Gasteiger partial charge < -0.3 is 15.0 Å². The summed E-state index contributed by atoms with van der Waals surface area (Å²) in [6.45, 7) is 2.77. The lowest BCUT2D eigenvalue weighted by atomic mass is 9.89. The minimum atomic E-state index is -0.417. The number of carbonyl (C=O) groups excluding carboxylic acids is 1. The summed E-state index contributed by atoms with van der Waals surface area (Å²) in [5, 5.41) is 7.56. The van der Waals surface area contributed by atoms with E-state index in [-0.39, 0.29) is 23.6 Å². The van der Waals surface area contributed by atoms with Crippen LogP contribution in [0.3, 0.4) is 0 Å². The largest absolute Gasteiger partial charge is 0.370 e. The van der Waals surface area contributed by atoms with E-state index >= 15 is 0 Å². The minimum Gasteiger partial charge on any atom is -0.370 e. The predicted molar refractivity (Wildman–Crippen MR) is 94.0 cm³/mol. The Kier molecular flexibility index (Phi) is 4.74. The van der Waals surface area contributed by atoms with Crippen LogP contribution in [-0.4, -0.2) is 53.4 Å². The normalized spacial score (nSPS) is 26.2. The van der Waals surface area contributed by atoms with Crippen molar-refractivity contribution in [2.24, 2.45) is 13.0 Å². The molecule has 1 unspecified atom stereocenters. The summed E-state index contributed by atoms with van der Waals surface area (Å²) in [5.74, 6) is -0.194. The van der Waals surface area contributed by atoms with Gasteiger partial charge in [0.15, 0.2) is 0 Å². The first kappa shape index (κ1) is 17.2. The molecule has 3 atom stereocenters. The summed E-state index contributed by atoms with van der Waals surface area (Å²) < 4.78 is 21.6. The first-order valence-electron chi connectivity index (χ1n) is 8.97. The number of aromatic nitrogens is 2. The van der Waals surface area contributed by atoms with Crippen molar-refractivity contribution in [3.05, 3.63) is 53.6 Å². The van der Waals surface area contributed by atoms with Gasteiger partial charge in [0.25, 0.3) is 0 Å². The highest BCUT2D eigenvalue weighted by Gasteiger charge is 2.38. The molecule has 1 amide bonds. The van der Waals surface area contributed by atoms with Gasteiger partial charge in [0, 0.05) is 44.4 Å². The molecule has 1 aromatic carbocycles. The molecule has 0 saturated carbocycles. The maximum atomic E-state index is 14.1. The lowest BCUT2D eigenvalue weighted by molar-refractivity contribution is -0.143. The highest BCUT2D eigenvalue weighted by Crippen LogP contribution is 2.31. The molecule has 26 heavy (non-hydrogen) atoms. The van der Waals surface area contributed by atoms with Crippen LogP contribution in [0.5, 0.6) is 0 Å². The zero-order chi connectivity index (χ0) is 18.1. The molecular formula is C19H23FN4O2. The van der Waals surface area contributed by atoms with Crippen LogP contribution in [0.15, 0.2) is 36.7 Å². The van der Waals surface area contributed by atoms with Crippen molar-refractivity contribution in [2.45, 2.75) is 12.0 Å². The van der Waals surface area contributed by atoms with E-state index in [4.69, 9.17) is 4.74 Å². The van der Waals surface area contributed by atoms with Crippen molar-refractivity contribution < 1.29 is 13.9 Å². The third-order valence-corrected chi connectivity index (χ3v) is 5.31. The fraction of sp³-hybridized carbons (Fsp3) is 0.474. The lowest BCUT2D eigenvalue weighted by Crippen LogP contribution is -2.46. The second-order valence-corrected chi connectivity index (χ2v) is 6.98. The number of halogens is 1. The number of carbonyl (C=O) groups is 1. The van der Waals surface area contributed by atoms with Crippen LogP contribution >= 0.6 is 0 Å². The number of nitrogens with one attached hydrogen (secondary N) is 1. The van der Waals surface area contributed by atoms with E-state index in [0.717, 1.165) is 12.1 Å². The van der Waals surface area contributed by atoms with Crippen molar-refractivity contribution in [1.29, 1.82) is 0 Å². The van der Waals surface area contributed by atoms with Gasteiger partial charge in [0.2, 0.25) is 5.91 Å². The van der Waals surface area contributed by atoms with Crippen molar-refractivity contribution in [2.75, 3.05) is 32.8 Å². The monoisotopic (exact) mass is 358 g/mol. The molecule has 2 aromatic rings. The molecule has 0 spiro atoms. The van der Waals surface area contributed by atoms with Gasteiger partial charge in [0.1, 0.15) is 11.9 Å². The van der Waals surface area contributed by atoms with Gasteiger partial charge in [-0.25, -0.2) is 4.39 Å². The van der Waals surface area contributed by atoms with Crippen molar-refractivity contribution in [3.8, 4) is 0 Å². The molecule has 3 heterocycles. The smallest absolute Gasteiger partial charge is 0.227 e. The molecule has 138 valence electrons. The van der Waals surface area contributed by atoms with Gasteiger partial charge >= 0.3 is 0 Å². The zero-order valence-electron chi connectivity index (χ0n) is 14.8. The van der Waals surface area contributed by atoms with Crippen molar-refractivity contribution in [1.82, 2.24) is 20.0 Å². The Morgan fingerprint density at radius 2 is 2.19 bits per heavy atom. The van der Waals surface area contributed by atoms with Crippen LogP contribution in [0.2, 0.25) is 0 Å². The van der Waals surface area contributed by atoms with E-state index in [1.807, 2.05) is 24.3 Å². The fourth-order valence-corrected chi connectivity index (χ4v) is 3.93. The SMILES string of the molecule is Cn1cc([C@H]2CNC[C@@H]2C(=O)N2CCOC(c3ccccc3F)C2)cn1. The van der Waals surface area contributed by atoms with E-state index in [9.17, 15) is 9.18 Å². The highest BCUT2D eigenvalue weighted by atomic mass is 19.1. The van der Waals surface area contributed by atoms with E-state index in [0.29, 0.717) is 31.8 Å². The molecule has 0 radical (unpaired) electrons. The van der Waals surface area contributed by atoms with E-state index < -0.39 is 6.10 Å². The average molecular weight is 358 g/mol. The standard InChI is InChI=1S/C19H23FN4O2/c1-23-11-13(8-22-23)15-9-21-10-16(15)19(25)24-6-7-26-18(12-24)14-4-2-3-5-17(14)20/h2-5,8,11,15-16,18,21H,6-7,9-10,12H2,1H3/t15-,16+,18?/m1/s1. The average Bonchev–Trinajstić information content (AvgIpc) is 3.30. The molecule has 7 heteroatoms. The van der Waals surface area contributed by atoms with E-state index in [1.54, 1.807) is 22.9 Å². The minimum absolute atomic E-state index is 0.105. The van der Waals surface area contributed by atoms with Crippen LogP contribution < -0.4 is 5.32 Å². The molecule has 0 bridgehead atoms. The first-order chi connectivity index (χ1) is 12.6. The summed E-state index contributed by atoms with van der Waals surface area (Å²) in [6.07, 6.45) is 3.39. The Labute approximate surface area is 151 Å². The van der Waals surface area contributed by atoms with Crippen LogP contribution in [-0.2, 0) is 16.6 Å². The maximum absolute atomic E-state index is 14.1. The Bertz CT molecular complexity index is 793. The summed E-state index contributed by atoms with van der Waals surface area (Å²) in [4.78, 5) is 15.0. The van der Waals surface area contributed by atoms with Crippen molar-refractivity contribution >= 4 is 5.91 Å². The van der Waals surface area contributed by atoms with Gasteiger partial charge in [-0.3, -0.25) is 9.48 Å². The third-order valence-electron chi connectivity index (χ3n) is 5.31. The Morgan fingerprint density at radius 1 is 1.35 bits per heavy atom. The third kappa shape index (κ3) is 3.24. The quantitative estimate of drug-likeness (QED) is 0.903. The topological polar surface area (TPSA) is 59.4 Å². The highest BCUT2D eigenvalue weighted by molar-refractivity contribution is 5.80. The number of morpholine rings is 1. The van der Waals surface area contributed by atoms with Gasteiger partial charge in [-0.15, -0.1) is 0 Å². The lowest BCUT2D eigenvalue weighted by Gasteiger charge is -2.35. The van der Waals surface area contributed by atoms with Crippen LogP contribution in [0.4, 0.5) is 4.39 Å². The molecule has 0 aliphatic carbocycles. The number of nitrogens with zero attached hydrogens (tertiary/aromatic N) is 3. The second-order valence-electron chi connectivity index (χ2n) is 6.98. The van der Waals surface area contributed by atoms with Gasteiger partial charge in [-0.2, -0.15) is 5.10 Å².